The van der Waals surface area contributed by atoms with E-state index in [1.54, 1.807) is 18.2 Å². The molecule has 0 radical (unpaired) electrons. The second-order valence-corrected chi connectivity index (χ2v) is 8.25. The number of rotatable bonds is 4. The van der Waals surface area contributed by atoms with E-state index in [4.69, 9.17) is 25.7 Å². The normalized spacial score (nSPS) is 15.5. The number of fused-ring (bicyclic) bond motifs is 1. The van der Waals surface area contributed by atoms with E-state index in [-0.39, 0.29) is 17.4 Å². The summed E-state index contributed by atoms with van der Waals surface area (Å²) < 4.78 is 33.9. The lowest BCUT2D eigenvalue weighted by Gasteiger charge is -2.18. The molecule has 1 aliphatic rings. The molecule has 1 atom stereocenters. The largest absolute Gasteiger partial charge is 0.494 e. The molecule has 34 heavy (non-hydrogen) atoms. The summed E-state index contributed by atoms with van der Waals surface area (Å²) in [5.41, 5.74) is 9.17. The number of hydrogen-bond acceptors (Lipinski definition) is 6. The lowest BCUT2D eigenvalue weighted by molar-refractivity contribution is 0.386. The minimum absolute atomic E-state index is 0.0396. The van der Waals surface area contributed by atoms with Crippen molar-refractivity contribution >= 4 is 16.9 Å². The van der Waals surface area contributed by atoms with Crippen LogP contribution in [0.2, 0.25) is 0 Å². The molecule has 0 aliphatic carbocycles. The van der Waals surface area contributed by atoms with Gasteiger partial charge in [0.2, 0.25) is 5.95 Å². The topological polar surface area (TPSA) is 88.1 Å². The number of hydrogen-bond donors (Lipinski definition) is 1. The van der Waals surface area contributed by atoms with Crippen molar-refractivity contribution in [2.45, 2.75) is 12.5 Å². The van der Waals surface area contributed by atoms with Gasteiger partial charge in [0, 0.05) is 30.1 Å². The summed E-state index contributed by atoms with van der Waals surface area (Å²) in [7, 11) is 1.42. The molecule has 1 aliphatic heterocycles. The van der Waals surface area contributed by atoms with Crippen molar-refractivity contribution in [3.63, 3.8) is 0 Å². The number of ether oxygens (including phenoxy) is 1. The van der Waals surface area contributed by atoms with Crippen molar-refractivity contribution in [1.82, 2.24) is 9.97 Å². The molecule has 8 heteroatoms. The standard InChI is InChI=1S/C26H21F2N5O/c1-34-24-7-5-16(11-22(24)28)15-4-6-23-20(10-15)25(17-2-3-18(13-29)21(27)12-17)32-26(31-23)33-9-8-19(30)14-33/h2-7,10-12,19H,8-9,14,30H2,1H3/t19-/m0/s1. The molecule has 6 nitrogen and oxygen atoms in total. The summed E-state index contributed by atoms with van der Waals surface area (Å²) in [6.45, 7) is 1.37. The molecule has 0 bridgehead atoms. The number of methoxy groups -OCH3 is 1. The van der Waals surface area contributed by atoms with Crippen molar-refractivity contribution < 1.29 is 13.5 Å². The van der Waals surface area contributed by atoms with Crippen molar-refractivity contribution in [2.75, 3.05) is 25.1 Å². The number of aromatic nitrogens is 2. The van der Waals surface area contributed by atoms with E-state index < -0.39 is 11.6 Å². The fourth-order valence-corrected chi connectivity index (χ4v) is 4.23. The van der Waals surface area contributed by atoms with Crippen LogP contribution in [0.25, 0.3) is 33.3 Å². The van der Waals surface area contributed by atoms with Crippen molar-refractivity contribution in [3.05, 3.63) is 71.8 Å². The highest BCUT2D eigenvalue weighted by Gasteiger charge is 2.23. The van der Waals surface area contributed by atoms with Gasteiger partial charge >= 0.3 is 0 Å². The first kappa shape index (κ1) is 21.7. The van der Waals surface area contributed by atoms with Gasteiger partial charge in [-0.1, -0.05) is 18.2 Å². The summed E-state index contributed by atoms with van der Waals surface area (Å²) in [4.78, 5) is 11.5. The Balaban J connectivity index is 1.70. The van der Waals surface area contributed by atoms with Crippen LogP contribution in [-0.4, -0.2) is 36.2 Å². The number of halogens is 2. The van der Waals surface area contributed by atoms with E-state index >= 15 is 0 Å². The maximum Gasteiger partial charge on any atom is 0.226 e. The Labute approximate surface area is 195 Å². The third kappa shape index (κ3) is 3.91. The van der Waals surface area contributed by atoms with E-state index in [9.17, 15) is 8.78 Å². The highest BCUT2D eigenvalue weighted by atomic mass is 19.1. The Bertz CT molecular complexity index is 1450. The van der Waals surface area contributed by atoms with Gasteiger partial charge in [-0.05, 0) is 53.9 Å². The number of anilines is 1. The van der Waals surface area contributed by atoms with Crippen LogP contribution in [0.1, 0.15) is 12.0 Å². The van der Waals surface area contributed by atoms with Gasteiger partial charge in [0.1, 0.15) is 11.9 Å². The van der Waals surface area contributed by atoms with Crippen LogP contribution < -0.4 is 15.4 Å². The average molecular weight is 457 g/mol. The molecule has 0 spiro atoms. The summed E-state index contributed by atoms with van der Waals surface area (Å²) in [6.07, 6.45) is 0.837. The highest BCUT2D eigenvalue weighted by molar-refractivity contribution is 5.96. The number of benzene rings is 3. The summed E-state index contributed by atoms with van der Waals surface area (Å²) in [6, 6.07) is 16.6. The van der Waals surface area contributed by atoms with Crippen molar-refractivity contribution in [3.8, 4) is 34.2 Å². The van der Waals surface area contributed by atoms with E-state index in [0.717, 1.165) is 18.5 Å². The first-order valence-electron chi connectivity index (χ1n) is 10.8. The fraction of sp³-hybridized carbons (Fsp3) is 0.192. The van der Waals surface area contributed by atoms with E-state index in [0.29, 0.717) is 40.2 Å². The van der Waals surface area contributed by atoms with Gasteiger partial charge in [-0.25, -0.2) is 18.7 Å². The van der Waals surface area contributed by atoms with Gasteiger partial charge in [0.05, 0.1) is 23.9 Å². The van der Waals surface area contributed by atoms with Gasteiger partial charge in [-0.3, -0.25) is 0 Å². The Kier molecular flexibility index (Phi) is 5.56. The molecule has 2 N–H and O–H groups in total. The smallest absolute Gasteiger partial charge is 0.226 e. The molecule has 0 amide bonds. The zero-order valence-electron chi connectivity index (χ0n) is 18.4. The summed E-state index contributed by atoms with van der Waals surface area (Å²) in [5.74, 6) is -0.408. The van der Waals surface area contributed by atoms with Gasteiger partial charge in [0.25, 0.3) is 0 Å². The molecule has 2 heterocycles. The maximum atomic E-state index is 14.5. The lowest BCUT2D eigenvalue weighted by Crippen LogP contribution is -2.27. The highest BCUT2D eigenvalue weighted by Crippen LogP contribution is 2.34. The molecule has 1 aromatic heterocycles. The van der Waals surface area contributed by atoms with Gasteiger partial charge < -0.3 is 15.4 Å². The number of nitrogens with zero attached hydrogens (tertiary/aromatic N) is 4. The second-order valence-electron chi connectivity index (χ2n) is 8.25. The van der Waals surface area contributed by atoms with Crippen LogP contribution in [0, 0.1) is 23.0 Å². The Morgan fingerprint density at radius 3 is 2.41 bits per heavy atom. The quantitative estimate of drug-likeness (QED) is 0.480. The van der Waals surface area contributed by atoms with Gasteiger partial charge in [0.15, 0.2) is 11.6 Å². The van der Waals surface area contributed by atoms with Gasteiger partial charge in [-0.2, -0.15) is 5.26 Å². The Hall–Kier alpha value is -4.09. The first-order valence-corrected chi connectivity index (χ1v) is 10.8. The van der Waals surface area contributed by atoms with E-state index in [1.165, 1.54) is 25.3 Å². The zero-order valence-corrected chi connectivity index (χ0v) is 18.4. The fourth-order valence-electron chi connectivity index (χ4n) is 4.23. The van der Waals surface area contributed by atoms with Crippen LogP contribution in [0.4, 0.5) is 14.7 Å². The molecule has 1 fully saturated rings. The lowest BCUT2D eigenvalue weighted by atomic mass is 9.99. The van der Waals surface area contributed by atoms with Crippen molar-refractivity contribution in [1.29, 1.82) is 5.26 Å². The summed E-state index contributed by atoms with van der Waals surface area (Å²) >= 11 is 0. The molecular formula is C26H21F2N5O. The average Bonchev–Trinajstić information content (AvgIpc) is 3.29. The van der Waals surface area contributed by atoms with Crippen LogP contribution >= 0.6 is 0 Å². The molecule has 0 unspecified atom stereocenters. The molecule has 1 saturated heterocycles. The third-order valence-electron chi connectivity index (χ3n) is 6.04. The summed E-state index contributed by atoms with van der Waals surface area (Å²) in [5, 5.41) is 9.80. The SMILES string of the molecule is COc1ccc(-c2ccc3nc(N4CC[C@H](N)C4)nc(-c4ccc(C#N)c(F)c4)c3c2)cc1F. The predicted octanol–water partition coefficient (Wildman–Crippen LogP) is 4.66. The second kappa shape index (κ2) is 8.69. The molecule has 170 valence electrons. The van der Waals surface area contributed by atoms with Crippen LogP contribution in [0.15, 0.2) is 54.6 Å². The Morgan fingerprint density at radius 1 is 1.00 bits per heavy atom. The van der Waals surface area contributed by atoms with Crippen molar-refractivity contribution in [2.24, 2.45) is 5.73 Å². The molecular weight excluding hydrogens is 436 g/mol. The van der Waals surface area contributed by atoms with Gasteiger partial charge in [-0.15, -0.1) is 0 Å². The monoisotopic (exact) mass is 457 g/mol. The molecule has 3 aromatic carbocycles. The molecule has 5 rings (SSSR count). The number of nitriles is 1. The van der Waals surface area contributed by atoms with Crippen LogP contribution in [0.3, 0.4) is 0 Å². The zero-order chi connectivity index (χ0) is 23.8. The molecule has 0 saturated carbocycles. The van der Waals surface area contributed by atoms with E-state index in [1.807, 2.05) is 29.2 Å². The Morgan fingerprint density at radius 2 is 1.74 bits per heavy atom. The van der Waals surface area contributed by atoms with Crippen LogP contribution in [0.5, 0.6) is 5.75 Å². The van der Waals surface area contributed by atoms with E-state index in [2.05, 4.69) is 0 Å². The number of nitrogens with two attached hydrogens (primary N) is 1. The third-order valence-corrected chi connectivity index (χ3v) is 6.04. The minimum Gasteiger partial charge on any atom is -0.494 e. The predicted molar refractivity (Wildman–Crippen MR) is 126 cm³/mol. The van der Waals surface area contributed by atoms with Crippen LogP contribution in [-0.2, 0) is 0 Å². The maximum absolute atomic E-state index is 14.5. The first-order chi connectivity index (χ1) is 16.5. The molecule has 4 aromatic rings. The minimum atomic E-state index is -0.620.